The molecular weight excluding hydrogens is 399 g/mol. The summed E-state index contributed by atoms with van der Waals surface area (Å²) in [6.45, 7) is 0.718. The maximum absolute atomic E-state index is 13.4. The van der Waals surface area contributed by atoms with Crippen LogP contribution in [0.5, 0.6) is 0 Å². The molecule has 1 fully saturated rings. The quantitative estimate of drug-likeness (QED) is 0.481. The van der Waals surface area contributed by atoms with Crippen LogP contribution in [-0.2, 0) is 0 Å². The number of hydrogen-bond acceptors (Lipinski definition) is 2. The van der Waals surface area contributed by atoms with Gasteiger partial charge in [-0.3, -0.25) is 4.79 Å². The predicted octanol–water partition coefficient (Wildman–Crippen LogP) is 6.21. The fraction of sp³-hybridized carbons (Fsp3) is 0.393. The molecule has 32 heavy (non-hydrogen) atoms. The number of nitrogens with one attached hydrogen (secondary N) is 1. The van der Waals surface area contributed by atoms with Crippen molar-refractivity contribution >= 4 is 16.7 Å². The van der Waals surface area contributed by atoms with Crippen LogP contribution in [-0.4, -0.2) is 31.4 Å². The van der Waals surface area contributed by atoms with E-state index in [9.17, 15) is 9.18 Å². The highest BCUT2D eigenvalue weighted by Gasteiger charge is 2.29. The van der Waals surface area contributed by atoms with E-state index in [-0.39, 0.29) is 11.7 Å². The molecule has 0 bridgehead atoms. The molecule has 168 valence electrons. The van der Waals surface area contributed by atoms with Crippen molar-refractivity contribution in [3.63, 3.8) is 0 Å². The molecule has 4 heteroatoms. The van der Waals surface area contributed by atoms with Gasteiger partial charge in [0.05, 0.1) is 0 Å². The van der Waals surface area contributed by atoms with Gasteiger partial charge in [-0.15, -0.1) is 0 Å². The van der Waals surface area contributed by atoms with Crippen LogP contribution in [0.1, 0.15) is 54.1 Å². The second kappa shape index (κ2) is 10.3. The predicted molar refractivity (Wildman–Crippen MR) is 129 cm³/mol. The minimum atomic E-state index is -0.180. The summed E-state index contributed by atoms with van der Waals surface area (Å²) in [6.07, 6.45) is 5.73. The molecule has 1 aliphatic rings. The van der Waals surface area contributed by atoms with Crippen molar-refractivity contribution in [3.8, 4) is 0 Å². The smallest absolute Gasteiger partial charge is 0.251 e. The third-order valence-corrected chi connectivity index (χ3v) is 6.96. The van der Waals surface area contributed by atoms with Gasteiger partial charge in [0.1, 0.15) is 5.82 Å². The Morgan fingerprint density at radius 3 is 2.34 bits per heavy atom. The Morgan fingerprint density at radius 1 is 0.969 bits per heavy atom. The molecule has 0 aliphatic heterocycles. The molecular formula is C28H33FN2O. The van der Waals surface area contributed by atoms with Gasteiger partial charge in [0, 0.05) is 18.2 Å². The highest BCUT2D eigenvalue weighted by molar-refractivity contribution is 5.98. The molecule has 0 heterocycles. The van der Waals surface area contributed by atoms with Gasteiger partial charge in [0.2, 0.25) is 0 Å². The molecule has 1 atom stereocenters. The molecule has 1 aliphatic carbocycles. The van der Waals surface area contributed by atoms with Crippen molar-refractivity contribution in [3.05, 3.63) is 83.7 Å². The second-order valence-electron chi connectivity index (χ2n) is 9.35. The lowest BCUT2D eigenvalue weighted by atomic mass is 9.75. The van der Waals surface area contributed by atoms with E-state index in [2.05, 4.69) is 30.4 Å². The SMILES string of the molecule is CN(C)C(c1ccc(F)cc1)C1CCC(CCNC(=O)c2ccc3ccccc3c2)CC1. The van der Waals surface area contributed by atoms with Crippen LogP contribution in [0, 0.1) is 17.7 Å². The summed E-state index contributed by atoms with van der Waals surface area (Å²) in [5.41, 5.74) is 1.92. The Hall–Kier alpha value is -2.72. The van der Waals surface area contributed by atoms with Gasteiger partial charge in [-0.2, -0.15) is 0 Å². The van der Waals surface area contributed by atoms with Crippen molar-refractivity contribution in [2.24, 2.45) is 11.8 Å². The van der Waals surface area contributed by atoms with Crippen LogP contribution < -0.4 is 5.32 Å². The van der Waals surface area contributed by atoms with E-state index in [1.807, 2.05) is 48.5 Å². The molecule has 0 radical (unpaired) electrons. The van der Waals surface area contributed by atoms with E-state index >= 15 is 0 Å². The van der Waals surface area contributed by atoms with Crippen LogP contribution in [0.3, 0.4) is 0 Å². The molecule has 0 aromatic heterocycles. The zero-order chi connectivity index (χ0) is 22.5. The van der Waals surface area contributed by atoms with Crippen LogP contribution in [0.2, 0.25) is 0 Å². The lowest BCUT2D eigenvalue weighted by Gasteiger charge is -2.37. The van der Waals surface area contributed by atoms with Crippen molar-refractivity contribution < 1.29 is 9.18 Å². The van der Waals surface area contributed by atoms with Crippen LogP contribution in [0.4, 0.5) is 4.39 Å². The van der Waals surface area contributed by atoms with Crippen molar-refractivity contribution in [2.45, 2.75) is 38.1 Å². The van der Waals surface area contributed by atoms with E-state index in [4.69, 9.17) is 0 Å². The highest BCUT2D eigenvalue weighted by Crippen LogP contribution is 2.40. The summed E-state index contributed by atoms with van der Waals surface area (Å²) in [4.78, 5) is 14.8. The monoisotopic (exact) mass is 432 g/mol. The summed E-state index contributed by atoms with van der Waals surface area (Å²) in [7, 11) is 4.23. The molecule has 3 aromatic carbocycles. The third kappa shape index (κ3) is 5.36. The van der Waals surface area contributed by atoms with Gasteiger partial charge in [-0.1, -0.05) is 55.3 Å². The summed E-state index contributed by atoms with van der Waals surface area (Å²) in [5.74, 6) is 1.06. The number of fused-ring (bicyclic) bond motifs is 1. The number of amides is 1. The van der Waals surface area contributed by atoms with Gasteiger partial charge in [0.25, 0.3) is 5.91 Å². The van der Waals surface area contributed by atoms with E-state index < -0.39 is 0 Å². The molecule has 1 N–H and O–H groups in total. The lowest BCUT2D eigenvalue weighted by molar-refractivity contribution is 0.0947. The van der Waals surface area contributed by atoms with E-state index in [0.717, 1.165) is 29.3 Å². The van der Waals surface area contributed by atoms with Gasteiger partial charge in [0.15, 0.2) is 0 Å². The highest BCUT2D eigenvalue weighted by atomic mass is 19.1. The molecule has 4 rings (SSSR count). The first-order valence-electron chi connectivity index (χ1n) is 11.7. The number of carbonyl (C=O) groups excluding carboxylic acids is 1. The molecule has 3 nitrogen and oxygen atoms in total. The maximum Gasteiger partial charge on any atom is 0.251 e. The van der Waals surface area contributed by atoms with Crippen molar-refractivity contribution in [2.75, 3.05) is 20.6 Å². The first-order chi connectivity index (χ1) is 15.5. The fourth-order valence-corrected chi connectivity index (χ4v) is 5.27. The number of nitrogens with zero attached hydrogens (tertiary/aromatic N) is 1. The summed E-state index contributed by atoms with van der Waals surface area (Å²) in [5, 5.41) is 5.35. The zero-order valence-electron chi connectivity index (χ0n) is 19.1. The summed E-state index contributed by atoms with van der Waals surface area (Å²) < 4.78 is 13.4. The molecule has 3 aromatic rings. The Balaban J connectivity index is 1.26. The largest absolute Gasteiger partial charge is 0.352 e. The fourth-order valence-electron chi connectivity index (χ4n) is 5.27. The number of rotatable bonds is 7. The number of halogens is 1. The minimum absolute atomic E-state index is 0.00780. The van der Waals surface area contributed by atoms with Gasteiger partial charge in [-0.05, 0) is 85.8 Å². The molecule has 0 saturated heterocycles. The van der Waals surface area contributed by atoms with Crippen molar-refractivity contribution in [1.82, 2.24) is 10.2 Å². The number of carbonyl (C=O) groups is 1. The lowest BCUT2D eigenvalue weighted by Crippen LogP contribution is -2.31. The van der Waals surface area contributed by atoms with E-state index in [1.165, 1.54) is 31.2 Å². The number of benzene rings is 3. The Kier molecular flexibility index (Phi) is 7.21. The van der Waals surface area contributed by atoms with Crippen molar-refractivity contribution in [1.29, 1.82) is 0 Å². The average molecular weight is 433 g/mol. The number of hydrogen-bond donors (Lipinski definition) is 1. The summed E-state index contributed by atoms with van der Waals surface area (Å²) in [6, 6.07) is 21.3. The zero-order valence-corrected chi connectivity index (χ0v) is 19.1. The van der Waals surface area contributed by atoms with Crippen LogP contribution in [0.15, 0.2) is 66.7 Å². The average Bonchev–Trinajstić information content (AvgIpc) is 2.81. The topological polar surface area (TPSA) is 32.3 Å². The normalized spacial score (nSPS) is 19.8. The van der Waals surface area contributed by atoms with Crippen LogP contribution >= 0.6 is 0 Å². The molecule has 1 unspecified atom stereocenters. The summed E-state index contributed by atoms with van der Waals surface area (Å²) >= 11 is 0. The first kappa shape index (κ1) is 22.5. The standard InChI is InChI=1S/C28H33FN2O/c1-31(2)27(23-13-15-26(29)16-14-23)22-9-7-20(8-10-22)17-18-30-28(32)25-12-11-21-5-3-4-6-24(21)19-25/h3-6,11-16,19-20,22,27H,7-10,17-18H2,1-2H3,(H,30,32). The third-order valence-electron chi connectivity index (χ3n) is 6.96. The first-order valence-corrected chi connectivity index (χ1v) is 11.7. The molecule has 1 saturated carbocycles. The Labute approximate surface area is 190 Å². The van der Waals surface area contributed by atoms with Gasteiger partial charge < -0.3 is 10.2 Å². The maximum atomic E-state index is 13.4. The molecule has 0 spiro atoms. The molecule has 1 amide bonds. The minimum Gasteiger partial charge on any atom is -0.352 e. The van der Waals surface area contributed by atoms with Gasteiger partial charge >= 0.3 is 0 Å². The Morgan fingerprint density at radius 2 is 1.66 bits per heavy atom. The Bertz CT molecular complexity index is 1040. The second-order valence-corrected chi connectivity index (χ2v) is 9.35. The van der Waals surface area contributed by atoms with Crippen LogP contribution in [0.25, 0.3) is 10.8 Å². The van der Waals surface area contributed by atoms with E-state index in [1.54, 1.807) is 12.1 Å². The van der Waals surface area contributed by atoms with E-state index in [0.29, 0.717) is 17.9 Å². The van der Waals surface area contributed by atoms with Gasteiger partial charge in [-0.25, -0.2) is 4.39 Å².